The summed E-state index contributed by atoms with van der Waals surface area (Å²) in [5.41, 5.74) is 0.908. The molecule has 2 aliphatic carbocycles. The van der Waals surface area contributed by atoms with Gasteiger partial charge in [0.2, 0.25) is 0 Å². The summed E-state index contributed by atoms with van der Waals surface area (Å²) >= 11 is 0. The number of nitriles is 1. The van der Waals surface area contributed by atoms with Gasteiger partial charge in [-0.2, -0.15) is 5.26 Å². The van der Waals surface area contributed by atoms with Gasteiger partial charge in [0.15, 0.2) is 11.6 Å². The summed E-state index contributed by atoms with van der Waals surface area (Å²) in [6.45, 7) is 0.829. The Balaban J connectivity index is 1.38. The minimum Gasteiger partial charge on any atom is -0.378 e. The average molecular weight is 359 g/mol. The molecule has 1 aromatic rings. The van der Waals surface area contributed by atoms with Crippen LogP contribution in [0.2, 0.25) is 0 Å². The molecule has 2 fully saturated rings. The van der Waals surface area contributed by atoms with Gasteiger partial charge in [-0.15, -0.1) is 0 Å². The van der Waals surface area contributed by atoms with E-state index in [1.165, 1.54) is 25.0 Å². The first-order valence-corrected chi connectivity index (χ1v) is 9.78. The molecule has 0 unspecified atom stereocenters. The highest BCUT2D eigenvalue weighted by atomic mass is 19.2. The van der Waals surface area contributed by atoms with Gasteiger partial charge < -0.3 is 4.74 Å². The summed E-state index contributed by atoms with van der Waals surface area (Å²) < 4.78 is 32.7. The molecule has 0 aliphatic heterocycles. The molecule has 2 nitrogen and oxygen atoms in total. The number of rotatable bonds is 5. The molecule has 2 saturated carbocycles. The summed E-state index contributed by atoms with van der Waals surface area (Å²) in [7, 11) is 0. The molecule has 140 valence electrons. The van der Waals surface area contributed by atoms with Crippen LogP contribution >= 0.6 is 0 Å². The van der Waals surface area contributed by atoms with E-state index in [9.17, 15) is 8.78 Å². The Labute approximate surface area is 154 Å². The van der Waals surface area contributed by atoms with Gasteiger partial charge in [0.1, 0.15) is 0 Å². The highest BCUT2D eigenvalue weighted by Crippen LogP contribution is 2.36. The molecule has 0 heterocycles. The monoisotopic (exact) mass is 359 g/mol. The van der Waals surface area contributed by atoms with Crippen molar-refractivity contribution in [3.05, 3.63) is 47.5 Å². The Kier molecular flexibility index (Phi) is 6.80. The third-order valence-electron chi connectivity index (χ3n) is 5.99. The SMILES string of the molecule is N#C/C=C/C1CCC(COC2CCC(c3ccc(F)c(F)c3)CC2)CC1. The molecule has 0 bridgehead atoms. The lowest BCUT2D eigenvalue weighted by Gasteiger charge is -2.32. The molecule has 4 heteroatoms. The Morgan fingerprint density at radius 3 is 2.38 bits per heavy atom. The number of halogens is 2. The first-order chi connectivity index (χ1) is 12.7. The van der Waals surface area contributed by atoms with E-state index >= 15 is 0 Å². The lowest BCUT2D eigenvalue weighted by atomic mass is 9.81. The Morgan fingerprint density at radius 2 is 1.73 bits per heavy atom. The van der Waals surface area contributed by atoms with Gasteiger partial charge in [0.05, 0.1) is 12.2 Å². The van der Waals surface area contributed by atoms with E-state index in [-0.39, 0.29) is 0 Å². The van der Waals surface area contributed by atoms with Gasteiger partial charge in [-0.3, -0.25) is 0 Å². The summed E-state index contributed by atoms with van der Waals surface area (Å²) in [6.07, 6.45) is 12.5. The third-order valence-corrected chi connectivity index (χ3v) is 5.99. The molecule has 0 radical (unpaired) electrons. The van der Waals surface area contributed by atoms with Crippen molar-refractivity contribution in [2.45, 2.75) is 63.4 Å². The fourth-order valence-electron chi connectivity index (χ4n) is 4.33. The van der Waals surface area contributed by atoms with Crippen molar-refractivity contribution in [2.75, 3.05) is 6.61 Å². The zero-order valence-corrected chi connectivity index (χ0v) is 15.2. The lowest BCUT2D eigenvalue weighted by Crippen LogP contribution is -2.25. The largest absolute Gasteiger partial charge is 0.378 e. The Hall–Kier alpha value is -1.73. The van der Waals surface area contributed by atoms with Gasteiger partial charge in [0, 0.05) is 12.7 Å². The van der Waals surface area contributed by atoms with Crippen molar-refractivity contribution in [1.82, 2.24) is 0 Å². The smallest absolute Gasteiger partial charge is 0.159 e. The highest BCUT2D eigenvalue weighted by molar-refractivity contribution is 5.22. The number of allylic oxidation sites excluding steroid dienone is 2. The summed E-state index contributed by atoms with van der Waals surface area (Å²) in [5.74, 6) is -0.0277. The average Bonchev–Trinajstić information content (AvgIpc) is 2.68. The van der Waals surface area contributed by atoms with Crippen LogP contribution in [0.1, 0.15) is 62.8 Å². The molecule has 0 saturated heterocycles. The zero-order valence-electron chi connectivity index (χ0n) is 15.2. The van der Waals surface area contributed by atoms with Gasteiger partial charge in [-0.05, 0) is 86.8 Å². The molecule has 3 rings (SSSR count). The quantitative estimate of drug-likeness (QED) is 0.614. The van der Waals surface area contributed by atoms with Crippen LogP contribution in [0.4, 0.5) is 8.78 Å². The van der Waals surface area contributed by atoms with Gasteiger partial charge in [-0.1, -0.05) is 12.1 Å². The van der Waals surface area contributed by atoms with Crippen molar-refractivity contribution in [3.8, 4) is 6.07 Å². The second kappa shape index (κ2) is 9.28. The number of hydrogen-bond acceptors (Lipinski definition) is 2. The first kappa shape index (κ1) is 19.0. The molecule has 0 aromatic heterocycles. The van der Waals surface area contributed by atoms with E-state index in [4.69, 9.17) is 10.00 Å². The Morgan fingerprint density at radius 1 is 1.00 bits per heavy atom. The van der Waals surface area contributed by atoms with Crippen LogP contribution < -0.4 is 0 Å². The zero-order chi connectivity index (χ0) is 18.4. The van der Waals surface area contributed by atoms with Crippen molar-refractivity contribution in [2.24, 2.45) is 11.8 Å². The second-order valence-corrected chi connectivity index (χ2v) is 7.75. The van der Waals surface area contributed by atoms with Crippen LogP contribution in [0.3, 0.4) is 0 Å². The molecular weight excluding hydrogens is 332 g/mol. The fourth-order valence-corrected chi connectivity index (χ4v) is 4.33. The molecule has 0 atom stereocenters. The second-order valence-electron chi connectivity index (χ2n) is 7.75. The number of hydrogen-bond donors (Lipinski definition) is 0. The molecule has 0 N–H and O–H groups in total. The van der Waals surface area contributed by atoms with E-state index < -0.39 is 11.6 Å². The molecule has 0 amide bonds. The maximum Gasteiger partial charge on any atom is 0.159 e. The summed E-state index contributed by atoms with van der Waals surface area (Å²) in [6, 6.07) is 6.36. The number of nitrogens with zero attached hydrogens (tertiary/aromatic N) is 1. The minimum absolute atomic E-state index is 0.299. The molecule has 2 aliphatic rings. The maximum atomic E-state index is 13.4. The van der Waals surface area contributed by atoms with Crippen LogP contribution in [0.25, 0.3) is 0 Å². The van der Waals surface area contributed by atoms with Gasteiger partial charge >= 0.3 is 0 Å². The van der Waals surface area contributed by atoms with Crippen LogP contribution in [-0.4, -0.2) is 12.7 Å². The van der Waals surface area contributed by atoms with Gasteiger partial charge in [-0.25, -0.2) is 8.78 Å². The van der Waals surface area contributed by atoms with Crippen LogP contribution in [-0.2, 0) is 4.74 Å². The number of ether oxygens (including phenoxy) is 1. The van der Waals surface area contributed by atoms with E-state index in [0.717, 1.165) is 50.7 Å². The summed E-state index contributed by atoms with van der Waals surface area (Å²) in [5, 5.41) is 8.60. The van der Waals surface area contributed by atoms with Crippen LogP contribution in [0.15, 0.2) is 30.4 Å². The standard InChI is InChI=1S/C22H27F2NO/c23-21-12-9-19(14-22(21)24)18-7-10-20(11-8-18)26-15-17-5-3-16(4-6-17)2-1-13-25/h1-2,9,12,14,16-18,20H,3-8,10-11,15H2/b2-1+. The highest BCUT2D eigenvalue weighted by Gasteiger charge is 2.25. The predicted octanol–water partition coefficient (Wildman–Crippen LogP) is 5.89. The Bertz CT molecular complexity index is 651. The summed E-state index contributed by atoms with van der Waals surface area (Å²) in [4.78, 5) is 0. The van der Waals surface area contributed by atoms with E-state index in [1.54, 1.807) is 12.1 Å². The predicted molar refractivity (Wildman–Crippen MR) is 97.5 cm³/mol. The van der Waals surface area contributed by atoms with Crippen LogP contribution in [0.5, 0.6) is 0 Å². The topological polar surface area (TPSA) is 33.0 Å². The van der Waals surface area contributed by atoms with E-state index in [1.807, 2.05) is 6.08 Å². The molecular formula is C22H27F2NO. The van der Waals surface area contributed by atoms with Crippen molar-refractivity contribution < 1.29 is 13.5 Å². The molecule has 26 heavy (non-hydrogen) atoms. The normalized spacial score (nSPS) is 29.6. The number of benzene rings is 1. The fraction of sp³-hybridized carbons (Fsp3) is 0.591. The van der Waals surface area contributed by atoms with Crippen molar-refractivity contribution in [1.29, 1.82) is 5.26 Å². The maximum absolute atomic E-state index is 13.4. The van der Waals surface area contributed by atoms with Crippen LogP contribution in [0, 0.1) is 34.8 Å². The lowest BCUT2D eigenvalue weighted by molar-refractivity contribution is -0.00339. The van der Waals surface area contributed by atoms with E-state index in [2.05, 4.69) is 6.07 Å². The minimum atomic E-state index is -0.774. The van der Waals surface area contributed by atoms with Crippen molar-refractivity contribution in [3.63, 3.8) is 0 Å². The van der Waals surface area contributed by atoms with Gasteiger partial charge in [0.25, 0.3) is 0 Å². The first-order valence-electron chi connectivity index (χ1n) is 9.78. The van der Waals surface area contributed by atoms with Crippen molar-refractivity contribution >= 4 is 0 Å². The molecule has 1 aromatic carbocycles. The van der Waals surface area contributed by atoms with E-state index in [0.29, 0.717) is 23.9 Å². The third kappa shape index (κ3) is 5.14. The molecule has 0 spiro atoms.